The lowest BCUT2D eigenvalue weighted by Gasteiger charge is -2.33. The van der Waals surface area contributed by atoms with Crippen LogP contribution in [0, 0.1) is 10.1 Å². The van der Waals surface area contributed by atoms with E-state index in [4.69, 9.17) is 5.73 Å². The van der Waals surface area contributed by atoms with Crippen molar-refractivity contribution in [2.75, 3.05) is 38.5 Å². The van der Waals surface area contributed by atoms with Gasteiger partial charge in [-0.1, -0.05) is 6.92 Å². The number of non-ortho nitro benzene ring substituents is 1. The number of benzene rings is 1. The highest BCUT2D eigenvalue weighted by atomic mass is 32.2. The van der Waals surface area contributed by atoms with E-state index >= 15 is 0 Å². The van der Waals surface area contributed by atoms with E-state index in [0.717, 1.165) is 12.6 Å². The Hall–Kier alpha value is -1.71. The number of hydrogen-bond acceptors (Lipinski definition) is 6. The molecule has 0 spiro atoms. The highest BCUT2D eigenvalue weighted by molar-refractivity contribution is 7.89. The van der Waals surface area contributed by atoms with E-state index in [1.54, 1.807) is 0 Å². The van der Waals surface area contributed by atoms with E-state index in [1.807, 2.05) is 6.92 Å². The molecule has 0 atom stereocenters. The Balaban J connectivity index is 2.32. The van der Waals surface area contributed by atoms with Crippen LogP contribution in [0.4, 0.5) is 11.4 Å². The zero-order valence-corrected chi connectivity index (χ0v) is 12.5. The minimum absolute atomic E-state index is 0.0264. The van der Waals surface area contributed by atoms with Crippen molar-refractivity contribution in [1.82, 2.24) is 9.21 Å². The maximum absolute atomic E-state index is 12.6. The Kier molecular flexibility index (Phi) is 4.45. The monoisotopic (exact) mass is 314 g/mol. The molecule has 2 rings (SSSR count). The maximum atomic E-state index is 12.6. The molecule has 0 aliphatic carbocycles. The molecule has 0 saturated carbocycles. The van der Waals surface area contributed by atoms with Crippen LogP contribution in [0.2, 0.25) is 0 Å². The Labute approximate surface area is 123 Å². The predicted octanol–water partition coefficient (Wildman–Crippen LogP) is 0.503. The lowest BCUT2D eigenvalue weighted by atomic mass is 10.3. The quantitative estimate of drug-likeness (QED) is 0.492. The van der Waals surface area contributed by atoms with Crippen LogP contribution in [-0.4, -0.2) is 55.3 Å². The van der Waals surface area contributed by atoms with Crippen molar-refractivity contribution in [1.29, 1.82) is 0 Å². The summed E-state index contributed by atoms with van der Waals surface area (Å²) in [6.45, 7) is 4.89. The summed E-state index contributed by atoms with van der Waals surface area (Å²) >= 11 is 0. The molecule has 1 aromatic rings. The Morgan fingerprint density at radius 2 is 1.90 bits per heavy atom. The van der Waals surface area contributed by atoms with Gasteiger partial charge in [-0.25, -0.2) is 8.42 Å². The normalized spacial score (nSPS) is 17.8. The summed E-state index contributed by atoms with van der Waals surface area (Å²) in [6, 6.07) is 3.48. The molecule has 0 amide bonds. The molecule has 1 aliphatic rings. The first-order valence-corrected chi connectivity index (χ1v) is 8.06. The molecule has 9 heteroatoms. The first-order chi connectivity index (χ1) is 9.86. The van der Waals surface area contributed by atoms with Crippen LogP contribution in [0.3, 0.4) is 0 Å². The van der Waals surface area contributed by atoms with Crippen LogP contribution in [0.25, 0.3) is 0 Å². The summed E-state index contributed by atoms with van der Waals surface area (Å²) in [5.74, 6) is 0. The molecule has 0 bridgehead atoms. The minimum atomic E-state index is -3.80. The molecule has 0 aromatic heterocycles. The Bertz CT molecular complexity index is 639. The van der Waals surface area contributed by atoms with Crippen LogP contribution >= 0.6 is 0 Å². The van der Waals surface area contributed by atoms with Gasteiger partial charge in [-0.2, -0.15) is 4.31 Å². The fraction of sp³-hybridized carbons (Fsp3) is 0.500. The lowest BCUT2D eigenvalue weighted by molar-refractivity contribution is -0.385. The van der Waals surface area contributed by atoms with Crippen LogP contribution in [-0.2, 0) is 10.0 Å². The molecule has 1 aromatic carbocycles. The van der Waals surface area contributed by atoms with Crippen molar-refractivity contribution in [3.8, 4) is 0 Å². The smallest absolute Gasteiger partial charge is 0.270 e. The summed E-state index contributed by atoms with van der Waals surface area (Å²) in [5, 5.41) is 10.8. The molecule has 21 heavy (non-hydrogen) atoms. The number of anilines is 1. The van der Waals surface area contributed by atoms with Crippen molar-refractivity contribution in [3.05, 3.63) is 28.3 Å². The number of nitrogens with two attached hydrogens (primary N) is 1. The Morgan fingerprint density at radius 3 is 2.43 bits per heavy atom. The SMILES string of the molecule is CCN1CCN(S(=O)(=O)c2cc([N+](=O)[O-])ccc2N)CC1. The average molecular weight is 314 g/mol. The molecule has 1 fully saturated rings. The van der Waals surface area contributed by atoms with Gasteiger partial charge in [0.15, 0.2) is 0 Å². The van der Waals surface area contributed by atoms with E-state index in [2.05, 4.69) is 4.90 Å². The van der Waals surface area contributed by atoms with Gasteiger partial charge in [0, 0.05) is 38.3 Å². The van der Waals surface area contributed by atoms with Gasteiger partial charge in [0.1, 0.15) is 4.90 Å². The zero-order chi connectivity index (χ0) is 15.6. The highest BCUT2D eigenvalue weighted by Gasteiger charge is 2.30. The molecule has 116 valence electrons. The zero-order valence-electron chi connectivity index (χ0n) is 11.7. The van der Waals surface area contributed by atoms with Gasteiger partial charge >= 0.3 is 0 Å². The first kappa shape index (κ1) is 15.7. The first-order valence-electron chi connectivity index (χ1n) is 6.62. The van der Waals surface area contributed by atoms with E-state index in [-0.39, 0.29) is 16.3 Å². The summed E-state index contributed by atoms with van der Waals surface area (Å²) in [7, 11) is -3.80. The average Bonchev–Trinajstić information content (AvgIpc) is 2.47. The molecule has 1 heterocycles. The molecule has 0 unspecified atom stereocenters. The third kappa shape index (κ3) is 3.14. The van der Waals surface area contributed by atoms with Gasteiger partial charge < -0.3 is 10.6 Å². The lowest BCUT2D eigenvalue weighted by Crippen LogP contribution is -2.48. The van der Waals surface area contributed by atoms with Gasteiger partial charge in [0.2, 0.25) is 10.0 Å². The number of rotatable bonds is 4. The number of piperazine rings is 1. The highest BCUT2D eigenvalue weighted by Crippen LogP contribution is 2.27. The second kappa shape index (κ2) is 5.96. The second-order valence-corrected chi connectivity index (χ2v) is 6.72. The third-order valence-corrected chi connectivity index (χ3v) is 5.56. The molecule has 1 aliphatic heterocycles. The fourth-order valence-corrected chi connectivity index (χ4v) is 3.84. The largest absolute Gasteiger partial charge is 0.398 e. The van der Waals surface area contributed by atoms with Crippen molar-refractivity contribution < 1.29 is 13.3 Å². The van der Waals surface area contributed by atoms with Crippen LogP contribution in [0.5, 0.6) is 0 Å². The van der Waals surface area contributed by atoms with Gasteiger partial charge in [0.05, 0.1) is 10.6 Å². The number of nitrogen functional groups attached to an aromatic ring is 1. The number of likely N-dealkylation sites (N-methyl/N-ethyl adjacent to an activating group) is 1. The van der Waals surface area contributed by atoms with E-state index in [0.29, 0.717) is 26.2 Å². The van der Waals surface area contributed by atoms with Crippen molar-refractivity contribution in [2.24, 2.45) is 0 Å². The van der Waals surface area contributed by atoms with Crippen LogP contribution in [0.15, 0.2) is 23.1 Å². The van der Waals surface area contributed by atoms with E-state index in [1.165, 1.54) is 16.4 Å². The number of sulfonamides is 1. The number of nitro groups is 1. The van der Waals surface area contributed by atoms with Gasteiger partial charge in [-0.05, 0) is 12.6 Å². The van der Waals surface area contributed by atoms with Gasteiger partial charge in [-0.3, -0.25) is 10.1 Å². The van der Waals surface area contributed by atoms with Crippen LogP contribution in [0.1, 0.15) is 6.92 Å². The van der Waals surface area contributed by atoms with Crippen LogP contribution < -0.4 is 5.73 Å². The summed E-state index contributed by atoms with van der Waals surface area (Å²) in [4.78, 5) is 12.1. The van der Waals surface area contributed by atoms with Crippen molar-refractivity contribution >= 4 is 21.4 Å². The number of hydrogen-bond donors (Lipinski definition) is 1. The minimum Gasteiger partial charge on any atom is -0.398 e. The van der Waals surface area contributed by atoms with Crippen molar-refractivity contribution in [3.63, 3.8) is 0 Å². The molecule has 8 nitrogen and oxygen atoms in total. The summed E-state index contributed by atoms with van der Waals surface area (Å²) in [6.07, 6.45) is 0. The fourth-order valence-electron chi connectivity index (χ4n) is 2.29. The number of nitrogens with zero attached hydrogens (tertiary/aromatic N) is 3. The molecular formula is C12H18N4O4S. The summed E-state index contributed by atoms with van der Waals surface area (Å²) in [5.41, 5.74) is 5.44. The number of nitro benzene ring substituents is 1. The topological polar surface area (TPSA) is 110 Å². The molecule has 2 N–H and O–H groups in total. The predicted molar refractivity (Wildman–Crippen MR) is 78.4 cm³/mol. The molecule has 1 saturated heterocycles. The molecular weight excluding hydrogens is 296 g/mol. The Morgan fingerprint density at radius 1 is 1.29 bits per heavy atom. The maximum Gasteiger partial charge on any atom is 0.270 e. The summed E-state index contributed by atoms with van der Waals surface area (Å²) < 4.78 is 26.5. The standard InChI is InChI=1S/C12H18N4O4S/c1-2-14-5-7-15(8-6-14)21(19,20)12-9-10(16(17)18)3-4-11(12)13/h3-4,9H,2,5-8,13H2,1H3. The van der Waals surface area contributed by atoms with Crippen molar-refractivity contribution in [2.45, 2.75) is 11.8 Å². The third-order valence-electron chi connectivity index (χ3n) is 3.60. The van der Waals surface area contributed by atoms with E-state index in [9.17, 15) is 18.5 Å². The second-order valence-electron chi connectivity index (χ2n) is 4.82. The van der Waals surface area contributed by atoms with Gasteiger partial charge in [-0.15, -0.1) is 0 Å². The van der Waals surface area contributed by atoms with Gasteiger partial charge in [0.25, 0.3) is 5.69 Å². The molecule has 0 radical (unpaired) electrons. The van der Waals surface area contributed by atoms with E-state index < -0.39 is 14.9 Å².